The smallest absolute Gasteiger partial charge is 0.262 e. The third kappa shape index (κ3) is 4.04. The molecule has 0 saturated carbocycles. The van der Waals surface area contributed by atoms with Gasteiger partial charge in [0.15, 0.2) is 0 Å². The molecule has 2 N–H and O–H groups in total. The van der Waals surface area contributed by atoms with E-state index in [0.29, 0.717) is 22.5 Å². The van der Waals surface area contributed by atoms with E-state index in [2.05, 4.69) is 20.4 Å². The summed E-state index contributed by atoms with van der Waals surface area (Å²) < 4.78 is 0. The van der Waals surface area contributed by atoms with Crippen LogP contribution in [0.2, 0.25) is 0 Å². The lowest BCUT2D eigenvalue weighted by atomic mass is 9.86. The number of hydrogen-bond acceptors (Lipinski definition) is 7. The number of carbonyl (C=O) groups excluding carboxylic acids is 4. The maximum atomic E-state index is 13.1. The molecule has 4 amide bonds. The Hall–Kier alpha value is -2.78. The van der Waals surface area contributed by atoms with Crippen LogP contribution in [0, 0.1) is 11.3 Å². The first-order valence-corrected chi connectivity index (χ1v) is 13.0. The average Bonchev–Trinajstić information content (AvgIpc) is 3.55. The molecule has 186 valence electrons. The van der Waals surface area contributed by atoms with Crippen molar-refractivity contribution in [1.29, 1.82) is 0 Å². The average molecular weight is 480 g/mol. The number of amides is 4. The van der Waals surface area contributed by atoms with E-state index < -0.39 is 23.8 Å². The second-order valence-corrected chi connectivity index (χ2v) is 11.0. The Morgan fingerprint density at radius 1 is 0.943 bits per heavy atom. The zero-order valence-electron chi connectivity index (χ0n) is 20.1. The quantitative estimate of drug-likeness (QED) is 0.621. The highest BCUT2D eigenvalue weighted by Gasteiger charge is 2.45. The highest BCUT2D eigenvalue weighted by molar-refractivity contribution is 6.23. The molecule has 5 aliphatic rings. The van der Waals surface area contributed by atoms with E-state index in [1.54, 1.807) is 12.1 Å². The molecule has 5 aliphatic heterocycles. The Labute approximate surface area is 205 Å². The van der Waals surface area contributed by atoms with Crippen molar-refractivity contribution in [2.75, 3.05) is 50.7 Å². The van der Waals surface area contributed by atoms with Gasteiger partial charge in [0.2, 0.25) is 11.8 Å². The van der Waals surface area contributed by atoms with Crippen molar-refractivity contribution < 1.29 is 19.2 Å². The van der Waals surface area contributed by atoms with Gasteiger partial charge in [0.1, 0.15) is 6.04 Å². The lowest BCUT2D eigenvalue weighted by Gasteiger charge is -2.35. The summed E-state index contributed by atoms with van der Waals surface area (Å²) in [5.74, 6) is -1.15. The van der Waals surface area contributed by atoms with Gasteiger partial charge in [0.05, 0.1) is 11.1 Å². The van der Waals surface area contributed by atoms with E-state index in [-0.39, 0.29) is 18.7 Å². The minimum Gasteiger partial charge on any atom is -0.371 e. The number of carbonyl (C=O) groups is 4. The second-order valence-electron chi connectivity index (χ2n) is 11.0. The Balaban J connectivity index is 1.08. The predicted octanol–water partition coefficient (Wildman–Crippen LogP) is 0.990. The van der Waals surface area contributed by atoms with Gasteiger partial charge in [0.25, 0.3) is 11.8 Å². The number of imide groups is 2. The van der Waals surface area contributed by atoms with Crippen LogP contribution in [0.25, 0.3) is 0 Å². The van der Waals surface area contributed by atoms with Crippen molar-refractivity contribution in [3.63, 3.8) is 0 Å². The summed E-state index contributed by atoms with van der Waals surface area (Å²) in [5, 5.41) is 5.78. The van der Waals surface area contributed by atoms with Crippen molar-refractivity contribution in [3.05, 3.63) is 29.3 Å². The number of nitrogens with one attached hydrogen (secondary N) is 2. The summed E-state index contributed by atoms with van der Waals surface area (Å²) in [4.78, 5) is 55.8. The van der Waals surface area contributed by atoms with Gasteiger partial charge in [-0.15, -0.1) is 0 Å². The number of piperidine rings is 2. The third-order valence-corrected chi connectivity index (χ3v) is 8.77. The monoisotopic (exact) mass is 479 g/mol. The van der Waals surface area contributed by atoms with Gasteiger partial charge < -0.3 is 15.1 Å². The molecular weight excluding hydrogens is 446 g/mol. The zero-order chi connectivity index (χ0) is 24.2. The molecule has 1 aromatic rings. The first-order valence-electron chi connectivity index (χ1n) is 13.0. The number of nitrogens with zero attached hydrogens (tertiary/aromatic N) is 3. The second kappa shape index (κ2) is 8.71. The molecule has 6 rings (SSSR count). The van der Waals surface area contributed by atoms with Gasteiger partial charge in [0, 0.05) is 44.8 Å². The minimum atomic E-state index is -0.927. The van der Waals surface area contributed by atoms with Crippen LogP contribution in [0.1, 0.15) is 59.2 Å². The molecule has 1 aromatic carbocycles. The molecule has 0 aromatic heterocycles. The Morgan fingerprint density at radius 3 is 2.49 bits per heavy atom. The van der Waals surface area contributed by atoms with Gasteiger partial charge in [-0.25, -0.2) is 0 Å². The lowest BCUT2D eigenvalue weighted by Crippen LogP contribution is -2.54. The Bertz CT molecular complexity index is 1070. The predicted molar refractivity (Wildman–Crippen MR) is 129 cm³/mol. The maximum Gasteiger partial charge on any atom is 0.262 e. The van der Waals surface area contributed by atoms with Crippen molar-refractivity contribution in [3.8, 4) is 0 Å². The number of likely N-dealkylation sites (tertiary alicyclic amines) is 1. The summed E-state index contributed by atoms with van der Waals surface area (Å²) in [6, 6.07) is 4.50. The van der Waals surface area contributed by atoms with Crippen LogP contribution < -0.4 is 15.5 Å². The summed E-state index contributed by atoms with van der Waals surface area (Å²) >= 11 is 0. The molecular formula is C26H33N5O4. The SMILES string of the molecule is O=C1CCC(N2C(=O)c3ccc(N4CCC(CN5CCC6(CCNC6)C5)CC4)cc3C2=O)C(=O)N1. The Morgan fingerprint density at radius 2 is 1.74 bits per heavy atom. The van der Waals surface area contributed by atoms with Crippen LogP contribution >= 0.6 is 0 Å². The van der Waals surface area contributed by atoms with E-state index in [9.17, 15) is 19.2 Å². The highest BCUT2D eigenvalue weighted by atomic mass is 16.2. The molecule has 9 heteroatoms. The first-order chi connectivity index (χ1) is 16.9. The first kappa shape index (κ1) is 22.7. The van der Waals surface area contributed by atoms with Crippen LogP contribution in [0.4, 0.5) is 5.69 Å². The van der Waals surface area contributed by atoms with Gasteiger partial charge in [-0.3, -0.25) is 29.4 Å². The van der Waals surface area contributed by atoms with Crippen LogP contribution in [0.3, 0.4) is 0 Å². The number of fused-ring (bicyclic) bond motifs is 1. The topological polar surface area (TPSA) is 102 Å². The van der Waals surface area contributed by atoms with E-state index in [0.717, 1.165) is 43.1 Å². The fourth-order valence-electron chi connectivity index (χ4n) is 6.72. The molecule has 0 aliphatic carbocycles. The molecule has 0 bridgehead atoms. The van der Waals surface area contributed by atoms with Crippen LogP contribution in [0.5, 0.6) is 0 Å². The molecule has 2 unspecified atom stereocenters. The van der Waals surface area contributed by atoms with E-state index in [4.69, 9.17) is 0 Å². The van der Waals surface area contributed by atoms with Crippen molar-refractivity contribution in [1.82, 2.24) is 20.4 Å². The zero-order valence-corrected chi connectivity index (χ0v) is 20.1. The summed E-state index contributed by atoms with van der Waals surface area (Å²) in [7, 11) is 0. The van der Waals surface area contributed by atoms with Crippen LogP contribution in [-0.4, -0.2) is 85.3 Å². The third-order valence-electron chi connectivity index (χ3n) is 8.77. The number of anilines is 1. The minimum absolute atomic E-state index is 0.124. The molecule has 4 saturated heterocycles. The summed E-state index contributed by atoms with van der Waals surface area (Å²) in [6.45, 7) is 7.81. The molecule has 2 atom stereocenters. The number of rotatable bonds is 4. The van der Waals surface area contributed by atoms with Gasteiger partial charge in [-0.2, -0.15) is 0 Å². The van der Waals surface area contributed by atoms with E-state index in [1.807, 2.05) is 6.07 Å². The van der Waals surface area contributed by atoms with Crippen molar-refractivity contribution >= 4 is 29.3 Å². The molecule has 9 nitrogen and oxygen atoms in total. The molecule has 0 radical (unpaired) electrons. The fraction of sp³-hybridized carbons (Fsp3) is 0.615. The Kier molecular flexibility index (Phi) is 5.64. The van der Waals surface area contributed by atoms with Crippen molar-refractivity contribution in [2.45, 2.75) is 44.6 Å². The van der Waals surface area contributed by atoms with E-state index in [1.165, 1.54) is 39.0 Å². The van der Waals surface area contributed by atoms with Crippen LogP contribution in [0.15, 0.2) is 18.2 Å². The largest absolute Gasteiger partial charge is 0.371 e. The summed E-state index contributed by atoms with van der Waals surface area (Å²) in [5.41, 5.74) is 2.15. The standard InChI is InChI=1S/C26H33N5O4/c32-22-4-3-21(23(33)28-22)31-24(34)19-2-1-18(13-20(19)25(31)35)30-10-5-17(6-11-30)14-29-12-8-26(16-29)7-9-27-15-26/h1-2,13,17,21,27H,3-12,14-16H2,(H,28,32,33). The maximum absolute atomic E-state index is 13.1. The number of benzene rings is 1. The van der Waals surface area contributed by atoms with Gasteiger partial charge in [-0.1, -0.05) is 0 Å². The van der Waals surface area contributed by atoms with Gasteiger partial charge >= 0.3 is 0 Å². The van der Waals surface area contributed by atoms with Crippen molar-refractivity contribution in [2.24, 2.45) is 11.3 Å². The molecule has 1 spiro atoms. The fourth-order valence-corrected chi connectivity index (χ4v) is 6.72. The molecule has 4 fully saturated rings. The highest BCUT2D eigenvalue weighted by Crippen LogP contribution is 2.37. The summed E-state index contributed by atoms with van der Waals surface area (Å²) in [6.07, 6.45) is 5.16. The molecule has 35 heavy (non-hydrogen) atoms. The molecule has 5 heterocycles. The van der Waals surface area contributed by atoms with Gasteiger partial charge in [-0.05, 0) is 74.7 Å². The van der Waals surface area contributed by atoms with E-state index >= 15 is 0 Å². The van der Waals surface area contributed by atoms with Crippen LogP contribution in [-0.2, 0) is 9.59 Å². The number of hydrogen-bond donors (Lipinski definition) is 2. The lowest BCUT2D eigenvalue weighted by molar-refractivity contribution is -0.136. The normalized spacial score (nSPS) is 30.0.